The molecule has 4 fully saturated rings. The Bertz CT molecular complexity index is 613. The molecule has 0 radical (unpaired) electrons. The van der Waals surface area contributed by atoms with Crippen LogP contribution in [0.4, 0.5) is 0 Å². The molecule has 0 aromatic heterocycles. The summed E-state index contributed by atoms with van der Waals surface area (Å²) in [5.41, 5.74) is 0.480. The first kappa shape index (κ1) is 18.5. The molecule has 0 unspecified atom stereocenters. The third kappa shape index (κ3) is 2.44. The monoisotopic (exact) mass is 360 g/mol. The molecule has 0 saturated heterocycles. The second kappa shape index (κ2) is 6.07. The molecule has 0 aromatic carbocycles. The van der Waals surface area contributed by atoms with E-state index in [1.807, 2.05) is 0 Å². The zero-order chi connectivity index (χ0) is 18.9. The second-order valence-corrected chi connectivity index (χ2v) is 10.6. The summed E-state index contributed by atoms with van der Waals surface area (Å²) in [6.45, 7) is 10.8. The Hall–Kier alpha value is -0.860. The van der Waals surface area contributed by atoms with Gasteiger partial charge in [-0.2, -0.15) is 0 Å². The van der Waals surface area contributed by atoms with Gasteiger partial charge in [-0.1, -0.05) is 27.7 Å². The van der Waals surface area contributed by atoms with E-state index in [9.17, 15) is 9.59 Å². The van der Waals surface area contributed by atoms with E-state index in [0.29, 0.717) is 23.0 Å². The molecule has 0 bridgehead atoms. The Morgan fingerprint density at radius 1 is 0.962 bits per heavy atom. The first-order valence-electron chi connectivity index (χ1n) is 10.9. The van der Waals surface area contributed by atoms with Gasteiger partial charge < -0.3 is 4.74 Å². The summed E-state index contributed by atoms with van der Waals surface area (Å²) in [5.74, 6) is 3.59. The summed E-state index contributed by atoms with van der Waals surface area (Å²) in [5, 5.41) is 0. The predicted octanol–water partition coefficient (Wildman–Crippen LogP) is 5.02. The highest BCUT2D eigenvalue weighted by Crippen LogP contribution is 2.67. The quantitative estimate of drug-likeness (QED) is 0.617. The van der Waals surface area contributed by atoms with Crippen molar-refractivity contribution < 1.29 is 14.3 Å². The Balaban J connectivity index is 1.61. The van der Waals surface area contributed by atoms with Gasteiger partial charge in [-0.25, -0.2) is 0 Å². The molecule has 4 aliphatic rings. The molecule has 4 saturated carbocycles. The Morgan fingerprint density at radius 2 is 1.62 bits per heavy atom. The van der Waals surface area contributed by atoms with Crippen molar-refractivity contribution in [1.82, 2.24) is 0 Å². The average Bonchev–Trinajstić information content (AvgIpc) is 2.89. The third-order valence-electron chi connectivity index (χ3n) is 9.45. The molecule has 0 N–H and O–H groups in total. The summed E-state index contributed by atoms with van der Waals surface area (Å²) in [6, 6.07) is 0. The fourth-order valence-corrected chi connectivity index (χ4v) is 8.36. The van der Waals surface area contributed by atoms with Crippen LogP contribution in [0, 0.1) is 46.3 Å². The van der Waals surface area contributed by atoms with Crippen molar-refractivity contribution >= 4 is 11.8 Å². The number of ketones is 1. The van der Waals surface area contributed by atoms with Gasteiger partial charge in [0.15, 0.2) is 0 Å². The average molecular weight is 361 g/mol. The predicted molar refractivity (Wildman–Crippen MR) is 101 cm³/mol. The van der Waals surface area contributed by atoms with Gasteiger partial charge in [0.05, 0.1) is 0 Å². The second-order valence-electron chi connectivity index (χ2n) is 10.6. The van der Waals surface area contributed by atoms with Crippen LogP contribution in [0.5, 0.6) is 0 Å². The van der Waals surface area contributed by atoms with Crippen LogP contribution in [0.15, 0.2) is 0 Å². The number of fused-ring (bicyclic) bond motifs is 5. The summed E-state index contributed by atoms with van der Waals surface area (Å²) in [6.07, 6.45) is 8.34. The highest BCUT2D eigenvalue weighted by Gasteiger charge is 2.62. The summed E-state index contributed by atoms with van der Waals surface area (Å²) in [7, 11) is 0. The van der Waals surface area contributed by atoms with Gasteiger partial charge in [-0.15, -0.1) is 0 Å². The summed E-state index contributed by atoms with van der Waals surface area (Å²) < 4.78 is 5.76. The number of carbonyl (C=O) groups excluding carboxylic acids is 2. The fraction of sp³-hybridized carbons (Fsp3) is 0.913. The molecule has 26 heavy (non-hydrogen) atoms. The maximum Gasteiger partial charge on any atom is 0.302 e. The van der Waals surface area contributed by atoms with Crippen LogP contribution in [0.2, 0.25) is 0 Å². The molecular weight excluding hydrogens is 324 g/mol. The highest BCUT2D eigenvalue weighted by molar-refractivity contribution is 5.84. The van der Waals surface area contributed by atoms with Crippen LogP contribution in [0.25, 0.3) is 0 Å². The maximum atomic E-state index is 12.6. The Labute approximate surface area is 158 Å². The molecule has 0 amide bonds. The molecule has 0 aliphatic heterocycles. The lowest BCUT2D eigenvalue weighted by atomic mass is 9.43. The van der Waals surface area contributed by atoms with E-state index < -0.39 is 0 Å². The van der Waals surface area contributed by atoms with E-state index in [4.69, 9.17) is 4.74 Å². The summed E-state index contributed by atoms with van der Waals surface area (Å²) >= 11 is 0. The lowest BCUT2D eigenvalue weighted by Gasteiger charge is -2.61. The van der Waals surface area contributed by atoms with Crippen LogP contribution in [-0.2, 0) is 14.3 Å². The molecule has 3 nitrogen and oxygen atoms in total. The van der Waals surface area contributed by atoms with E-state index in [2.05, 4.69) is 27.7 Å². The normalized spacial score (nSPS) is 53.4. The highest BCUT2D eigenvalue weighted by atomic mass is 16.5. The molecule has 3 heteroatoms. The standard InChI is InChI=1S/C23H36O3/c1-13-12-23(5)17(14(2)21(13)25)7-6-16-18-8-9-20(26-15(3)24)22(18,4)11-10-19(16)23/h13-14,16-20H,6-12H2,1-5H3/t13-,14+,16+,17+,18+,19+,20+,22+,23+/m1/s1. The first-order chi connectivity index (χ1) is 12.2. The smallest absolute Gasteiger partial charge is 0.302 e. The number of esters is 1. The van der Waals surface area contributed by atoms with Gasteiger partial charge in [-0.3, -0.25) is 9.59 Å². The van der Waals surface area contributed by atoms with Gasteiger partial charge in [-0.05, 0) is 74.0 Å². The Kier molecular flexibility index (Phi) is 4.32. The van der Waals surface area contributed by atoms with Gasteiger partial charge >= 0.3 is 5.97 Å². The molecule has 0 heterocycles. The fourth-order valence-electron chi connectivity index (χ4n) is 8.36. The van der Waals surface area contributed by atoms with Crippen molar-refractivity contribution in [2.45, 2.75) is 85.7 Å². The molecule has 9 atom stereocenters. The van der Waals surface area contributed by atoms with Crippen LogP contribution in [0.3, 0.4) is 0 Å². The lowest BCUT2D eigenvalue weighted by Crippen LogP contribution is -2.57. The van der Waals surface area contributed by atoms with Gasteiger partial charge in [0.25, 0.3) is 0 Å². The van der Waals surface area contributed by atoms with Crippen LogP contribution in [-0.4, -0.2) is 17.9 Å². The molecule has 0 spiro atoms. The van der Waals surface area contributed by atoms with Crippen LogP contribution in [0.1, 0.15) is 79.6 Å². The number of carbonyl (C=O) groups is 2. The van der Waals surface area contributed by atoms with Crippen molar-refractivity contribution in [2.75, 3.05) is 0 Å². The van der Waals surface area contributed by atoms with Crippen molar-refractivity contribution in [3.8, 4) is 0 Å². The van der Waals surface area contributed by atoms with Crippen LogP contribution < -0.4 is 0 Å². The van der Waals surface area contributed by atoms with Crippen molar-refractivity contribution in [3.63, 3.8) is 0 Å². The van der Waals surface area contributed by atoms with E-state index in [1.54, 1.807) is 6.92 Å². The minimum absolute atomic E-state index is 0.113. The van der Waals surface area contributed by atoms with Gasteiger partial charge in [0, 0.05) is 24.2 Å². The molecular formula is C23H36O3. The van der Waals surface area contributed by atoms with E-state index >= 15 is 0 Å². The van der Waals surface area contributed by atoms with Crippen LogP contribution >= 0.6 is 0 Å². The van der Waals surface area contributed by atoms with E-state index in [0.717, 1.165) is 24.7 Å². The van der Waals surface area contributed by atoms with Crippen molar-refractivity contribution in [3.05, 3.63) is 0 Å². The van der Waals surface area contributed by atoms with Crippen molar-refractivity contribution in [2.24, 2.45) is 46.3 Å². The number of hydrogen-bond donors (Lipinski definition) is 0. The van der Waals surface area contributed by atoms with Gasteiger partial charge in [0.2, 0.25) is 0 Å². The van der Waals surface area contributed by atoms with Crippen molar-refractivity contribution in [1.29, 1.82) is 0 Å². The number of ether oxygens (including phenoxy) is 1. The van der Waals surface area contributed by atoms with Gasteiger partial charge in [0.1, 0.15) is 11.9 Å². The number of rotatable bonds is 1. The topological polar surface area (TPSA) is 43.4 Å². The largest absolute Gasteiger partial charge is 0.462 e. The number of hydrogen-bond acceptors (Lipinski definition) is 3. The Morgan fingerprint density at radius 3 is 2.31 bits per heavy atom. The zero-order valence-corrected chi connectivity index (χ0v) is 17.2. The van der Waals surface area contributed by atoms with E-state index in [1.165, 1.54) is 32.1 Å². The third-order valence-corrected chi connectivity index (χ3v) is 9.45. The molecule has 0 aromatic rings. The lowest BCUT2D eigenvalue weighted by molar-refractivity contribution is -0.168. The minimum atomic E-state index is -0.122. The SMILES string of the molecule is CC(=O)O[C@H]1CC[C@H]2[C@@H]3CC[C@H]4[C@H](C)C(=O)[C@H](C)C[C@]4(C)[C@H]3CC[C@]12C. The first-order valence-corrected chi connectivity index (χ1v) is 10.9. The molecule has 4 aliphatic carbocycles. The molecule has 146 valence electrons. The maximum absolute atomic E-state index is 12.6. The zero-order valence-electron chi connectivity index (χ0n) is 17.2. The minimum Gasteiger partial charge on any atom is -0.462 e. The van der Waals surface area contributed by atoms with E-state index in [-0.39, 0.29) is 29.3 Å². The summed E-state index contributed by atoms with van der Waals surface area (Å²) in [4.78, 5) is 24.2. The number of Topliss-reactive ketones (excluding diaryl/α,β-unsaturated/α-hetero) is 1. The molecule has 4 rings (SSSR count).